The van der Waals surface area contributed by atoms with E-state index in [4.69, 9.17) is 14.6 Å². The van der Waals surface area contributed by atoms with E-state index in [2.05, 4.69) is 0 Å². The second-order valence-electron chi connectivity index (χ2n) is 3.33. The number of hydrogen-bond acceptors (Lipinski definition) is 4. The van der Waals surface area contributed by atoms with Crippen molar-refractivity contribution < 1.29 is 19.7 Å². The maximum absolute atomic E-state index is 9.67. The van der Waals surface area contributed by atoms with E-state index in [1.807, 2.05) is 6.92 Å². The second kappa shape index (κ2) is 3.30. The van der Waals surface area contributed by atoms with E-state index in [0.717, 1.165) is 0 Å². The molecule has 4 nitrogen and oxygen atoms in total. The van der Waals surface area contributed by atoms with E-state index in [1.54, 1.807) is 6.92 Å². The normalized spacial score (nSPS) is 48.2. The first kappa shape index (κ1) is 9.92. The highest BCUT2D eigenvalue weighted by molar-refractivity contribution is 4.99. The molecule has 0 aromatic heterocycles. The van der Waals surface area contributed by atoms with Crippen molar-refractivity contribution in [2.75, 3.05) is 13.7 Å². The molecular formula is C8H16O4. The highest BCUT2D eigenvalue weighted by Gasteiger charge is 2.51. The summed E-state index contributed by atoms with van der Waals surface area (Å²) in [4.78, 5) is 0. The number of hydrogen-bond donors (Lipinski definition) is 2. The van der Waals surface area contributed by atoms with Crippen molar-refractivity contribution in [1.29, 1.82) is 0 Å². The molecule has 4 atom stereocenters. The Bertz CT molecular complexity index is 161. The highest BCUT2D eigenvalue weighted by atomic mass is 16.6. The molecule has 0 aliphatic carbocycles. The van der Waals surface area contributed by atoms with Gasteiger partial charge in [-0.3, -0.25) is 0 Å². The molecule has 0 aromatic carbocycles. The van der Waals surface area contributed by atoms with Crippen LogP contribution in [0.2, 0.25) is 0 Å². The molecule has 72 valence electrons. The minimum atomic E-state index is -0.762. The third-order valence-electron chi connectivity index (χ3n) is 2.75. The summed E-state index contributed by atoms with van der Waals surface area (Å²) in [5.41, 5.74) is -0.701. The van der Waals surface area contributed by atoms with Crippen molar-refractivity contribution in [2.45, 2.75) is 37.8 Å². The topological polar surface area (TPSA) is 58.9 Å². The zero-order chi connectivity index (χ0) is 9.35. The standard InChI is InChI=1S/C8H16O4/c1-5-8(2,11-3)7(10)6(4-9)12-5/h5-7,9-10H,4H2,1-3H3/t5-,6?,7?,8?/m0/s1. The SMILES string of the molecule is COC1(C)C(O)C(CO)O[C@H]1C. The van der Waals surface area contributed by atoms with E-state index in [1.165, 1.54) is 7.11 Å². The van der Waals surface area contributed by atoms with Crippen molar-refractivity contribution in [3.05, 3.63) is 0 Å². The fraction of sp³-hybridized carbons (Fsp3) is 1.00. The Hall–Kier alpha value is -0.160. The van der Waals surface area contributed by atoms with Crippen LogP contribution in [0.15, 0.2) is 0 Å². The fourth-order valence-electron chi connectivity index (χ4n) is 1.51. The summed E-state index contributed by atoms with van der Waals surface area (Å²) in [6.07, 6.45) is -1.48. The Morgan fingerprint density at radius 2 is 2.17 bits per heavy atom. The third kappa shape index (κ3) is 1.25. The van der Waals surface area contributed by atoms with E-state index < -0.39 is 17.8 Å². The van der Waals surface area contributed by atoms with Crippen molar-refractivity contribution in [3.8, 4) is 0 Å². The molecule has 1 saturated heterocycles. The minimum absolute atomic E-state index is 0.176. The predicted molar refractivity (Wildman–Crippen MR) is 42.8 cm³/mol. The molecule has 3 unspecified atom stereocenters. The van der Waals surface area contributed by atoms with Crippen LogP contribution in [0.1, 0.15) is 13.8 Å². The Morgan fingerprint density at radius 1 is 1.58 bits per heavy atom. The van der Waals surface area contributed by atoms with Crippen LogP contribution in [0.3, 0.4) is 0 Å². The Balaban J connectivity index is 2.76. The summed E-state index contributed by atoms with van der Waals surface area (Å²) >= 11 is 0. The molecule has 0 aromatic rings. The van der Waals surface area contributed by atoms with Crippen LogP contribution in [0.5, 0.6) is 0 Å². The van der Waals surface area contributed by atoms with Crippen LogP contribution in [-0.4, -0.2) is 47.8 Å². The van der Waals surface area contributed by atoms with Crippen molar-refractivity contribution in [1.82, 2.24) is 0 Å². The number of aliphatic hydroxyl groups excluding tert-OH is 2. The summed E-state index contributed by atoms with van der Waals surface area (Å²) < 4.78 is 10.5. The summed E-state index contributed by atoms with van der Waals surface area (Å²) in [7, 11) is 1.53. The van der Waals surface area contributed by atoms with Gasteiger partial charge in [0, 0.05) is 7.11 Å². The average molecular weight is 176 g/mol. The molecule has 12 heavy (non-hydrogen) atoms. The summed E-state index contributed by atoms with van der Waals surface area (Å²) in [5.74, 6) is 0. The lowest BCUT2D eigenvalue weighted by Crippen LogP contribution is -2.46. The van der Waals surface area contributed by atoms with Gasteiger partial charge in [-0.15, -0.1) is 0 Å². The molecule has 0 bridgehead atoms. The van der Waals surface area contributed by atoms with Crippen molar-refractivity contribution >= 4 is 0 Å². The zero-order valence-corrected chi connectivity index (χ0v) is 7.65. The molecule has 1 heterocycles. The van der Waals surface area contributed by atoms with Gasteiger partial charge < -0.3 is 19.7 Å². The minimum Gasteiger partial charge on any atom is -0.394 e. The van der Waals surface area contributed by atoms with Gasteiger partial charge >= 0.3 is 0 Å². The molecule has 0 amide bonds. The van der Waals surface area contributed by atoms with Crippen LogP contribution >= 0.6 is 0 Å². The van der Waals surface area contributed by atoms with Crippen LogP contribution in [0, 0.1) is 0 Å². The highest BCUT2D eigenvalue weighted by Crippen LogP contribution is 2.33. The number of aliphatic hydroxyl groups is 2. The van der Waals surface area contributed by atoms with Crippen molar-refractivity contribution in [2.24, 2.45) is 0 Å². The molecule has 4 heteroatoms. The Morgan fingerprint density at radius 3 is 2.42 bits per heavy atom. The molecule has 1 aliphatic rings. The van der Waals surface area contributed by atoms with E-state index in [-0.39, 0.29) is 12.7 Å². The summed E-state index contributed by atoms with van der Waals surface area (Å²) in [6, 6.07) is 0. The van der Waals surface area contributed by atoms with Gasteiger partial charge in [0.2, 0.25) is 0 Å². The van der Waals surface area contributed by atoms with E-state index >= 15 is 0 Å². The third-order valence-corrected chi connectivity index (χ3v) is 2.75. The van der Waals surface area contributed by atoms with Crippen LogP contribution in [0.4, 0.5) is 0 Å². The van der Waals surface area contributed by atoms with Gasteiger partial charge in [-0.1, -0.05) is 0 Å². The second-order valence-corrected chi connectivity index (χ2v) is 3.33. The van der Waals surface area contributed by atoms with E-state index in [9.17, 15) is 5.11 Å². The molecule has 0 saturated carbocycles. The lowest BCUT2D eigenvalue weighted by atomic mass is 9.93. The Labute approximate surface area is 72.1 Å². The van der Waals surface area contributed by atoms with Gasteiger partial charge in [-0.25, -0.2) is 0 Å². The van der Waals surface area contributed by atoms with Crippen molar-refractivity contribution in [3.63, 3.8) is 0 Å². The number of ether oxygens (including phenoxy) is 2. The van der Waals surface area contributed by atoms with Crippen LogP contribution < -0.4 is 0 Å². The molecular weight excluding hydrogens is 160 g/mol. The maximum Gasteiger partial charge on any atom is 0.119 e. The van der Waals surface area contributed by atoms with Gasteiger partial charge in [0.1, 0.15) is 17.8 Å². The fourth-order valence-corrected chi connectivity index (χ4v) is 1.51. The van der Waals surface area contributed by atoms with Crippen LogP contribution in [-0.2, 0) is 9.47 Å². The van der Waals surface area contributed by atoms with Gasteiger partial charge in [0.15, 0.2) is 0 Å². The van der Waals surface area contributed by atoms with Gasteiger partial charge in [-0.2, -0.15) is 0 Å². The summed E-state index contributed by atoms with van der Waals surface area (Å²) in [6.45, 7) is 3.42. The molecule has 0 radical (unpaired) electrons. The lowest BCUT2D eigenvalue weighted by molar-refractivity contribution is -0.0878. The lowest BCUT2D eigenvalue weighted by Gasteiger charge is -2.29. The Kier molecular flexibility index (Phi) is 2.73. The monoisotopic (exact) mass is 176 g/mol. The number of methoxy groups -OCH3 is 1. The molecule has 1 aliphatic heterocycles. The number of rotatable bonds is 2. The molecule has 1 fully saturated rings. The average Bonchev–Trinajstić information content (AvgIpc) is 2.30. The largest absolute Gasteiger partial charge is 0.394 e. The van der Waals surface area contributed by atoms with Gasteiger partial charge in [0.05, 0.1) is 12.7 Å². The molecule has 2 N–H and O–H groups in total. The molecule has 0 spiro atoms. The predicted octanol–water partition coefficient (Wildman–Crippen LogP) is -0.468. The van der Waals surface area contributed by atoms with Gasteiger partial charge in [-0.05, 0) is 13.8 Å². The smallest absolute Gasteiger partial charge is 0.119 e. The van der Waals surface area contributed by atoms with E-state index in [0.29, 0.717) is 0 Å². The first-order chi connectivity index (χ1) is 5.56. The first-order valence-electron chi connectivity index (χ1n) is 4.05. The molecule has 1 rings (SSSR count). The first-order valence-corrected chi connectivity index (χ1v) is 4.05. The van der Waals surface area contributed by atoms with Gasteiger partial charge in [0.25, 0.3) is 0 Å². The van der Waals surface area contributed by atoms with Crippen LogP contribution in [0.25, 0.3) is 0 Å². The summed E-state index contributed by atoms with van der Waals surface area (Å²) in [5, 5.41) is 18.5. The zero-order valence-electron chi connectivity index (χ0n) is 7.65. The maximum atomic E-state index is 9.67. The quantitative estimate of drug-likeness (QED) is 0.597.